The molecule has 0 aromatic heterocycles. The lowest BCUT2D eigenvalue weighted by Crippen LogP contribution is -2.33. The molecular formula is C13H18N2O5. The van der Waals surface area contributed by atoms with E-state index in [0.717, 1.165) is 0 Å². The Hall–Kier alpha value is -2.44. The second kappa shape index (κ2) is 6.65. The second-order valence-corrected chi connectivity index (χ2v) is 3.95. The van der Waals surface area contributed by atoms with E-state index in [4.69, 9.17) is 19.9 Å². The number of nitrogen functional groups attached to an aromatic ring is 1. The first-order valence-electron chi connectivity index (χ1n) is 5.88. The summed E-state index contributed by atoms with van der Waals surface area (Å²) in [7, 11) is 4.33. The SMILES string of the molecule is CNC(=O)C(C)OC(=O)c1cc(OC)cc(OC)c1N. The fraction of sp³-hybridized carbons (Fsp3) is 0.385. The van der Waals surface area contributed by atoms with Crippen LogP contribution in [0.1, 0.15) is 17.3 Å². The number of hydrogen-bond acceptors (Lipinski definition) is 6. The van der Waals surface area contributed by atoms with Gasteiger partial charge >= 0.3 is 5.97 Å². The Labute approximate surface area is 117 Å². The Balaban J connectivity index is 3.06. The Bertz CT molecular complexity index is 516. The van der Waals surface area contributed by atoms with E-state index in [1.165, 1.54) is 34.3 Å². The van der Waals surface area contributed by atoms with Crippen LogP contribution in [0.15, 0.2) is 12.1 Å². The van der Waals surface area contributed by atoms with E-state index in [0.29, 0.717) is 11.5 Å². The number of amides is 1. The normalized spacial score (nSPS) is 11.4. The highest BCUT2D eigenvalue weighted by Crippen LogP contribution is 2.31. The molecule has 0 spiro atoms. The van der Waals surface area contributed by atoms with Crippen LogP contribution in [-0.2, 0) is 9.53 Å². The standard InChI is InChI=1S/C13H18N2O5/c1-7(12(16)15-2)20-13(17)9-5-8(18-3)6-10(19-4)11(9)14/h5-7H,14H2,1-4H3,(H,15,16). The fourth-order valence-corrected chi connectivity index (χ4v) is 1.54. The van der Waals surface area contributed by atoms with Crippen molar-refractivity contribution >= 4 is 17.6 Å². The van der Waals surface area contributed by atoms with E-state index in [2.05, 4.69) is 5.32 Å². The molecule has 1 amide bonds. The molecule has 7 nitrogen and oxygen atoms in total. The molecule has 1 aromatic rings. The number of nitrogens with two attached hydrogens (primary N) is 1. The van der Waals surface area contributed by atoms with Gasteiger partial charge in [-0.05, 0) is 13.0 Å². The lowest BCUT2D eigenvalue weighted by atomic mass is 10.1. The van der Waals surface area contributed by atoms with E-state index in [1.807, 2.05) is 0 Å². The molecule has 1 unspecified atom stereocenters. The van der Waals surface area contributed by atoms with Gasteiger partial charge in [-0.1, -0.05) is 0 Å². The predicted molar refractivity (Wildman–Crippen MR) is 72.9 cm³/mol. The van der Waals surface area contributed by atoms with E-state index in [1.54, 1.807) is 6.07 Å². The predicted octanol–water partition coefficient (Wildman–Crippen LogP) is 0.577. The molecule has 0 saturated carbocycles. The molecule has 0 aliphatic rings. The number of carbonyl (C=O) groups is 2. The third kappa shape index (κ3) is 3.31. The summed E-state index contributed by atoms with van der Waals surface area (Å²) in [4.78, 5) is 23.4. The second-order valence-electron chi connectivity index (χ2n) is 3.95. The molecule has 1 aromatic carbocycles. The summed E-state index contributed by atoms with van der Waals surface area (Å²) >= 11 is 0. The molecule has 3 N–H and O–H groups in total. The average molecular weight is 282 g/mol. The fourth-order valence-electron chi connectivity index (χ4n) is 1.54. The van der Waals surface area contributed by atoms with E-state index in [-0.39, 0.29) is 11.3 Å². The first-order valence-corrected chi connectivity index (χ1v) is 5.88. The zero-order valence-corrected chi connectivity index (χ0v) is 11.9. The van der Waals surface area contributed by atoms with Crippen LogP contribution in [0.25, 0.3) is 0 Å². The Kier molecular flexibility index (Phi) is 5.19. The first-order chi connectivity index (χ1) is 9.44. The zero-order valence-electron chi connectivity index (χ0n) is 11.9. The molecule has 20 heavy (non-hydrogen) atoms. The summed E-state index contributed by atoms with van der Waals surface area (Å²) in [5.74, 6) is -0.443. The van der Waals surface area contributed by atoms with Crippen molar-refractivity contribution in [1.29, 1.82) is 0 Å². The molecule has 110 valence electrons. The van der Waals surface area contributed by atoms with Crippen molar-refractivity contribution in [3.8, 4) is 11.5 Å². The summed E-state index contributed by atoms with van der Waals surface area (Å²) in [6.07, 6.45) is -0.927. The van der Waals surface area contributed by atoms with Gasteiger partial charge in [0.2, 0.25) is 0 Å². The number of benzene rings is 1. The molecule has 0 radical (unpaired) electrons. The van der Waals surface area contributed by atoms with Gasteiger partial charge in [-0.3, -0.25) is 4.79 Å². The highest BCUT2D eigenvalue weighted by Gasteiger charge is 2.22. The maximum Gasteiger partial charge on any atom is 0.341 e. The van der Waals surface area contributed by atoms with Crippen LogP contribution < -0.4 is 20.5 Å². The van der Waals surface area contributed by atoms with Gasteiger partial charge in [-0.25, -0.2) is 4.79 Å². The van der Waals surface area contributed by atoms with Crippen LogP contribution >= 0.6 is 0 Å². The monoisotopic (exact) mass is 282 g/mol. The number of rotatable bonds is 5. The number of methoxy groups -OCH3 is 2. The van der Waals surface area contributed by atoms with Gasteiger partial charge in [0.25, 0.3) is 5.91 Å². The molecule has 7 heteroatoms. The van der Waals surface area contributed by atoms with Gasteiger partial charge < -0.3 is 25.3 Å². The van der Waals surface area contributed by atoms with Crippen molar-refractivity contribution in [2.24, 2.45) is 0 Å². The summed E-state index contributed by atoms with van der Waals surface area (Å²) in [6.45, 7) is 1.46. The summed E-state index contributed by atoms with van der Waals surface area (Å²) in [6, 6.07) is 2.98. The Morgan fingerprint density at radius 2 is 1.90 bits per heavy atom. The lowest BCUT2D eigenvalue weighted by Gasteiger charge is -2.15. The zero-order chi connectivity index (χ0) is 15.3. The van der Waals surface area contributed by atoms with Gasteiger partial charge in [-0.15, -0.1) is 0 Å². The number of nitrogens with one attached hydrogen (secondary N) is 1. The average Bonchev–Trinajstić information content (AvgIpc) is 2.46. The maximum atomic E-state index is 12.0. The first kappa shape index (κ1) is 15.6. The Morgan fingerprint density at radius 1 is 1.25 bits per heavy atom. The van der Waals surface area contributed by atoms with Crippen LogP contribution in [-0.4, -0.2) is 39.2 Å². The molecule has 0 aliphatic carbocycles. The van der Waals surface area contributed by atoms with Crippen molar-refractivity contribution in [2.45, 2.75) is 13.0 Å². The lowest BCUT2D eigenvalue weighted by molar-refractivity contribution is -0.128. The quantitative estimate of drug-likeness (QED) is 0.605. The van der Waals surface area contributed by atoms with Crippen LogP contribution in [0, 0.1) is 0 Å². The van der Waals surface area contributed by atoms with Crippen molar-refractivity contribution in [1.82, 2.24) is 5.32 Å². The van der Waals surface area contributed by atoms with Crippen LogP contribution in [0.4, 0.5) is 5.69 Å². The van der Waals surface area contributed by atoms with Gasteiger partial charge in [-0.2, -0.15) is 0 Å². The highest BCUT2D eigenvalue weighted by molar-refractivity contribution is 5.98. The topological polar surface area (TPSA) is 99.9 Å². The van der Waals surface area contributed by atoms with E-state index in [9.17, 15) is 9.59 Å². The molecule has 0 bridgehead atoms. The summed E-state index contributed by atoms with van der Waals surface area (Å²) < 4.78 is 15.1. The van der Waals surface area contributed by atoms with Crippen molar-refractivity contribution in [3.63, 3.8) is 0 Å². The number of hydrogen-bond donors (Lipinski definition) is 2. The van der Waals surface area contributed by atoms with Gasteiger partial charge in [0.05, 0.1) is 25.5 Å². The summed E-state index contributed by atoms with van der Waals surface area (Å²) in [5.41, 5.74) is 6.03. The summed E-state index contributed by atoms with van der Waals surface area (Å²) in [5, 5.41) is 2.38. The number of anilines is 1. The number of carbonyl (C=O) groups excluding carboxylic acids is 2. The smallest absolute Gasteiger partial charge is 0.341 e. The van der Waals surface area contributed by atoms with Crippen LogP contribution in [0.2, 0.25) is 0 Å². The van der Waals surface area contributed by atoms with Crippen molar-refractivity contribution in [3.05, 3.63) is 17.7 Å². The van der Waals surface area contributed by atoms with Gasteiger partial charge in [0.1, 0.15) is 11.5 Å². The number of esters is 1. The largest absolute Gasteiger partial charge is 0.497 e. The molecule has 0 heterocycles. The molecular weight excluding hydrogens is 264 g/mol. The van der Waals surface area contributed by atoms with Gasteiger partial charge in [0, 0.05) is 13.1 Å². The number of likely N-dealkylation sites (N-methyl/N-ethyl adjacent to an activating group) is 1. The van der Waals surface area contributed by atoms with E-state index >= 15 is 0 Å². The highest BCUT2D eigenvalue weighted by atomic mass is 16.5. The van der Waals surface area contributed by atoms with Crippen LogP contribution in [0.5, 0.6) is 11.5 Å². The number of ether oxygens (including phenoxy) is 3. The van der Waals surface area contributed by atoms with Crippen molar-refractivity contribution in [2.75, 3.05) is 27.0 Å². The van der Waals surface area contributed by atoms with Gasteiger partial charge in [0.15, 0.2) is 6.10 Å². The maximum absolute atomic E-state index is 12.0. The van der Waals surface area contributed by atoms with Crippen LogP contribution in [0.3, 0.4) is 0 Å². The third-order valence-electron chi connectivity index (χ3n) is 2.69. The van der Waals surface area contributed by atoms with Crippen molar-refractivity contribution < 1.29 is 23.8 Å². The molecule has 0 aliphatic heterocycles. The Morgan fingerprint density at radius 3 is 2.40 bits per heavy atom. The minimum atomic E-state index is -0.927. The minimum Gasteiger partial charge on any atom is -0.497 e. The molecule has 1 atom stereocenters. The third-order valence-corrected chi connectivity index (χ3v) is 2.69. The van der Waals surface area contributed by atoms with E-state index < -0.39 is 18.0 Å². The molecule has 0 fully saturated rings. The molecule has 0 saturated heterocycles. The minimum absolute atomic E-state index is 0.0805. The molecule has 1 rings (SSSR count).